The highest BCUT2D eigenvalue weighted by Gasteiger charge is 2.22. The third-order valence-corrected chi connectivity index (χ3v) is 3.04. The summed E-state index contributed by atoms with van der Waals surface area (Å²) in [5, 5.41) is 0. The molecule has 0 fully saturated rings. The second-order valence-electron chi connectivity index (χ2n) is 4.08. The lowest BCUT2D eigenvalue weighted by atomic mass is 9.93. The van der Waals surface area contributed by atoms with Crippen molar-refractivity contribution in [2.75, 3.05) is 0 Å². The van der Waals surface area contributed by atoms with Crippen LogP contribution in [0.15, 0.2) is 6.20 Å². The molecule has 1 aliphatic rings. The van der Waals surface area contributed by atoms with Crippen molar-refractivity contribution in [2.24, 2.45) is 11.7 Å². The molecule has 0 amide bonds. The minimum absolute atomic E-state index is 0.301. The van der Waals surface area contributed by atoms with Crippen molar-refractivity contribution in [2.45, 2.75) is 39.3 Å². The minimum Gasteiger partial charge on any atom is -0.332 e. The van der Waals surface area contributed by atoms with Crippen molar-refractivity contribution in [1.82, 2.24) is 9.55 Å². The van der Waals surface area contributed by atoms with Gasteiger partial charge in [-0.3, -0.25) is 0 Å². The summed E-state index contributed by atoms with van der Waals surface area (Å²) in [6, 6.07) is 0.301. The summed E-state index contributed by atoms with van der Waals surface area (Å²) in [6.45, 7) is 5.26. The van der Waals surface area contributed by atoms with Gasteiger partial charge in [0.05, 0.1) is 0 Å². The number of nitrogens with two attached hydrogens (primary N) is 1. The molecular weight excluding hydrogens is 162 g/mol. The molecule has 1 aromatic rings. The highest BCUT2D eigenvalue weighted by molar-refractivity contribution is 5.06. The summed E-state index contributed by atoms with van der Waals surface area (Å²) >= 11 is 0. The maximum Gasteiger partial charge on any atom is 0.108 e. The van der Waals surface area contributed by atoms with Gasteiger partial charge in [-0.15, -0.1) is 0 Å². The van der Waals surface area contributed by atoms with Crippen molar-refractivity contribution in [1.29, 1.82) is 0 Å². The maximum absolute atomic E-state index is 5.91. The third-order valence-electron chi connectivity index (χ3n) is 3.04. The van der Waals surface area contributed by atoms with E-state index in [0.717, 1.165) is 13.0 Å². The second kappa shape index (κ2) is 3.14. The summed E-state index contributed by atoms with van der Waals surface area (Å²) < 4.78 is 2.30. The molecule has 2 rings (SSSR count). The van der Waals surface area contributed by atoms with Gasteiger partial charge in [-0.1, -0.05) is 0 Å². The van der Waals surface area contributed by atoms with Crippen molar-refractivity contribution >= 4 is 0 Å². The van der Waals surface area contributed by atoms with E-state index in [4.69, 9.17) is 5.73 Å². The fraction of sp³-hybridized carbons (Fsp3) is 0.700. The molecule has 0 saturated heterocycles. The molecule has 3 heteroatoms. The van der Waals surface area contributed by atoms with Crippen LogP contribution in [-0.2, 0) is 13.0 Å². The van der Waals surface area contributed by atoms with Gasteiger partial charge < -0.3 is 10.3 Å². The molecular formula is C10H17N3. The van der Waals surface area contributed by atoms with Crippen molar-refractivity contribution < 1.29 is 0 Å². The van der Waals surface area contributed by atoms with E-state index in [1.54, 1.807) is 0 Å². The Morgan fingerprint density at radius 1 is 1.69 bits per heavy atom. The smallest absolute Gasteiger partial charge is 0.108 e. The van der Waals surface area contributed by atoms with E-state index in [1.807, 2.05) is 6.20 Å². The number of hydrogen-bond acceptors (Lipinski definition) is 2. The molecule has 0 spiro atoms. The molecule has 0 aromatic carbocycles. The molecule has 2 N–H and O–H groups in total. The largest absolute Gasteiger partial charge is 0.332 e. The van der Waals surface area contributed by atoms with Crippen LogP contribution in [0.3, 0.4) is 0 Å². The summed E-state index contributed by atoms with van der Waals surface area (Å²) in [5.41, 5.74) is 7.17. The molecule has 2 atom stereocenters. The lowest BCUT2D eigenvalue weighted by Crippen LogP contribution is -2.34. The minimum atomic E-state index is 0.301. The monoisotopic (exact) mass is 179 g/mol. The fourth-order valence-electron chi connectivity index (χ4n) is 2.03. The Morgan fingerprint density at radius 3 is 3.15 bits per heavy atom. The van der Waals surface area contributed by atoms with Gasteiger partial charge in [-0.2, -0.15) is 0 Å². The van der Waals surface area contributed by atoms with Crippen LogP contribution >= 0.6 is 0 Å². The van der Waals surface area contributed by atoms with Crippen LogP contribution in [0.2, 0.25) is 0 Å². The van der Waals surface area contributed by atoms with Crippen LogP contribution in [0, 0.1) is 12.8 Å². The highest BCUT2D eigenvalue weighted by atomic mass is 15.1. The Bertz CT molecular complexity index is 301. The van der Waals surface area contributed by atoms with E-state index in [-0.39, 0.29) is 0 Å². The zero-order valence-electron chi connectivity index (χ0n) is 8.33. The summed E-state index contributed by atoms with van der Waals surface area (Å²) in [5.74, 6) is 1.86. The van der Waals surface area contributed by atoms with Crippen molar-refractivity contribution in [3.63, 3.8) is 0 Å². The molecule has 1 aromatic heterocycles. The summed E-state index contributed by atoms with van der Waals surface area (Å²) in [6.07, 6.45) is 4.23. The fourth-order valence-corrected chi connectivity index (χ4v) is 2.03. The Labute approximate surface area is 79.0 Å². The Hall–Kier alpha value is -0.830. The van der Waals surface area contributed by atoms with Crippen LogP contribution in [0.25, 0.3) is 0 Å². The van der Waals surface area contributed by atoms with Crippen LogP contribution in [0.1, 0.15) is 24.9 Å². The normalized spacial score (nSPS) is 24.1. The number of rotatable bonds is 1. The molecule has 13 heavy (non-hydrogen) atoms. The van der Waals surface area contributed by atoms with Gasteiger partial charge >= 0.3 is 0 Å². The van der Waals surface area contributed by atoms with Crippen molar-refractivity contribution in [3.8, 4) is 0 Å². The third kappa shape index (κ3) is 1.48. The second-order valence-corrected chi connectivity index (χ2v) is 4.08. The molecule has 0 bridgehead atoms. The topological polar surface area (TPSA) is 43.8 Å². The maximum atomic E-state index is 5.91. The predicted octanol–water partition coefficient (Wildman–Crippen LogP) is 1.10. The first-order valence-electron chi connectivity index (χ1n) is 4.95. The van der Waals surface area contributed by atoms with Gasteiger partial charge in [-0.25, -0.2) is 4.98 Å². The van der Waals surface area contributed by atoms with Crippen molar-refractivity contribution in [3.05, 3.63) is 17.7 Å². The zero-order valence-corrected chi connectivity index (χ0v) is 8.33. The van der Waals surface area contributed by atoms with E-state index in [0.29, 0.717) is 12.0 Å². The lowest BCUT2D eigenvalue weighted by molar-refractivity contribution is 0.318. The Kier molecular flexibility index (Phi) is 2.12. The Morgan fingerprint density at radius 2 is 2.46 bits per heavy atom. The van der Waals surface area contributed by atoms with Crippen LogP contribution in [0.5, 0.6) is 0 Å². The number of fused-ring (bicyclic) bond motifs is 1. The number of aryl methyl sites for hydroxylation is 2. The number of aromatic nitrogens is 2. The van der Waals surface area contributed by atoms with Crippen LogP contribution in [-0.4, -0.2) is 15.6 Å². The van der Waals surface area contributed by atoms with E-state index in [9.17, 15) is 0 Å². The first kappa shape index (κ1) is 8.75. The van der Waals surface area contributed by atoms with E-state index < -0.39 is 0 Å². The molecule has 0 radical (unpaired) electrons. The quantitative estimate of drug-likeness (QED) is 0.701. The Balaban J connectivity index is 2.22. The predicted molar refractivity (Wildman–Crippen MR) is 52.4 cm³/mol. The number of hydrogen-bond donors (Lipinski definition) is 1. The molecule has 2 heterocycles. The van der Waals surface area contributed by atoms with Gasteiger partial charge in [0.2, 0.25) is 0 Å². The van der Waals surface area contributed by atoms with Gasteiger partial charge in [0.15, 0.2) is 0 Å². The van der Waals surface area contributed by atoms with Gasteiger partial charge in [0.1, 0.15) is 5.82 Å². The van der Waals surface area contributed by atoms with E-state index in [2.05, 4.69) is 23.4 Å². The van der Waals surface area contributed by atoms with Gasteiger partial charge in [-0.05, 0) is 26.2 Å². The van der Waals surface area contributed by atoms with Crippen LogP contribution < -0.4 is 5.73 Å². The standard InChI is InChI=1S/C10H17N3/c1-7-5-12-10-4-3-9(8(2)11)6-13(7)10/h5,8-9H,3-4,6,11H2,1-2H3. The zero-order chi connectivity index (χ0) is 9.42. The van der Waals surface area contributed by atoms with E-state index >= 15 is 0 Å². The summed E-state index contributed by atoms with van der Waals surface area (Å²) in [4.78, 5) is 4.37. The molecule has 2 unspecified atom stereocenters. The lowest BCUT2D eigenvalue weighted by Gasteiger charge is -2.27. The van der Waals surface area contributed by atoms with E-state index in [1.165, 1.54) is 17.9 Å². The average Bonchev–Trinajstić information content (AvgIpc) is 2.47. The SMILES string of the molecule is Cc1cnc2n1CC(C(C)N)CC2. The highest BCUT2D eigenvalue weighted by Crippen LogP contribution is 2.22. The number of nitrogens with zero attached hydrogens (tertiary/aromatic N) is 2. The average molecular weight is 179 g/mol. The van der Waals surface area contributed by atoms with Gasteiger partial charge in [0, 0.05) is 30.9 Å². The molecule has 0 saturated carbocycles. The number of imidazole rings is 1. The summed E-state index contributed by atoms with van der Waals surface area (Å²) in [7, 11) is 0. The molecule has 3 nitrogen and oxygen atoms in total. The van der Waals surface area contributed by atoms with Crippen LogP contribution in [0.4, 0.5) is 0 Å². The molecule has 1 aliphatic heterocycles. The van der Waals surface area contributed by atoms with Gasteiger partial charge in [0.25, 0.3) is 0 Å². The molecule has 72 valence electrons. The molecule has 0 aliphatic carbocycles. The first-order valence-corrected chi connectivity index (χ1v) is 4.95. The first-order chi connectivity index (χ1) is 6.18.